The topological polar surface area (TPSA) is 78.7 Å². The molecule has 1 atom stereocenters. The third-order valence-electron chi connectivity index (χ3n) is 4.55. The molecule has 6 heteroatoms. The summed E-state index contributed by atoms with van der Waals surface area (Å²) in [7, 11) is 0. The molecule has 0 saturated heterocycles. The molecule has 1 amide bonds. The lowest BCUT2D eigenvalue weighted by Gasteiger charge is -2.32. The minimum absolute atomic E-state index is 0.113. The van der Waals surface area contributed by atoms with Gasteiger partial charge in [0.05, 0.1) is 11.3 Å². The van der Waals surface area contributed by atoms with E-state index < -0.39 is 5.54 Å². The van der Waals surface area contributed by atoms with Crippen molar-refractivity contribution in [2.24, 2.45) is 0 Å². The molecule has 1 unspecified atom stereocenters. The Labute approximate surface area is 142 Å². The normalized spacial score (nSPS) is 18.0. The van der Waals surface area contributed by atoms with Crippen molar-refractivity contribution in [3.63, 3.8) is 0 Å². The Balaban J connectivity index is 2.04. The summed E-state index contributed by atoms with van der Waals surface area (Å²) in [6.45, 7) is 7.73. The highest BCUT2D eigenvalue weighted by molar-refractivity contribution is 8.00. The minimum atomic E-state index is -0.690. The van der Waals surface area contributed by atoms with Crippen LogP contribution in [0.15, 0.2) is 5.16 Å². The predicted octanol–water partition coefficient (Wildman–Crippen LogP) is 3.23. The molecule has 1 N–H and O–H groups in total. The molecule has 23 heavy (non-hydrogen) atoms. The van der Waals surface area contributed by atoms with Gasteiger partial charge in [-0.1, -0.05) is 31.0 Å². The molecular weight excluding hydrogens is 308 g/mol. The fourth-order valence-corrected chi connectivity index (χ4v) is 3.62. The maximum atomic E-state index is 12.5. The van der Waals surface area contributed by atoms with E-state index in [4.69, 9.17) is 0 Å². The Morgan fingerprint density at radius 3 is 2.30 bits per heavy atom. The first-order valence-corrected chi connectivity index (χ1v) is 8.96. The summed E-state index contributed by atoms with van der Waals surface area (Å²) in [5, 5.41) is 12.7. The van der Waals surface area contributed by atoms with E-state index in [-0.39, 0.29) is 11.2 Å². The zero-order chi connectivity index (χ0) is 17.0. The summed E-state index contributed by atoms with van der Waals surface area (Å²) >= 11 is 1.34. The molecule has 1 aliphatic carbocycles. The Bertz CT molecular complexity index is 609. The van der Waals surface area contributed by atoms with Crippen molar-refractivity contribution in [2.75, 3.05) is 0 Å². The number of nitrogens with one attached hydrogen (secondary N) is 1. The largest absolute Gasteiger partial charge is 0.337 e. The van der Waals surface area contributed by atoms with Gasteiger partial charge in [-0.05, 0) is 46.1 Å². The highest BCUT2D eigenvalue weighted by Crippen LogP contribution is 2.29. The van der Waals surface area contributed by atoms with Crippen LogP contribution in [0.4, 0.5) is 0 Å². The summed E-state index contributed by atoms with van der Waals surface area (Å²) in [5.41, 5.74) is 2.27. The summed E-state index contributed by atoms with van der Waals surface area (Å²) < 4.78 is 0. The number of hydrogen-bond acceptors (Lipinski definition) is 5. The number of amides is 1. The number of carbonyl (C=O) groups is 1. The molecule has 0 spiro atoms. The fraction of sp³-hybridized carbons (Fsp3) is 0.647. The maximum absolute atomic E-state index is 12.5. The number of thioether (sulfide) groups is 1. The molecule has 1 aliphatic rings. The molecule has 2 rings (SSSR count). The molecule has 5 nitrogen and oxygen atoms in total. The average Bonchev–Trinajstić information content (AvgIpc) is 2.53. The van der Waals surface area contributed by atoms with Gasteiger partial charge in [-0.25, -0.2) is 9.97 Å². The van der Waals surface area contributed by atoms with Crippen LogP contribution in [0.25, 0.3) is 0 Å². The summed E-state index contributed by atoms with van der Waals surface area (Å²) in [6, 6.07) is 2.32. The van der Waals surface area contributed by atoms with Crippen LogP contribution in [0, 0.1) is 32.1 Å². The number of nitrogens with zero attached hydrogens (tertiary/aromatic N) is 3. The van der Waals surface area contributed by atoms with Crippen LogP contribution in [-0.2, 0) is 4.79 Å². The van der Waals surface area contributed by atoms with Gasteiger partial charge in [0.1, 0.15) is 5.54 Å². The molecule has 1 saturated carbocycles. The van der Waals surface area contributed by atoms with Crippen molar-refractivity contribution >= 4 is 17.7 Å². The highest BCUT2D eigenvalue weighted by atomic mass is 32.2. The number of aryl methyl sites for hydroxylation is 2. The smallest absolute Gasteiger partial charge is 0.234 e. The molecule has 0 radical (unpaired) electrons. The average molecular weight is 332 g/mol. The number of carbonyl (C=O) groups excluding carboxylic acids is 1. The molecule has 1 fully saturated rings. The Morgan fingerprint density at radius 1 is 1.22 bits per heavy atom. The second-order valence-corrected chi connectivity index (χ2v) is 7.61. The van der Waals surface area contributed by atoms with Crippen molar-refractivity contribution in [2.45, 2.75) is 75.7 Å². The third-order valence-corrected chi connectivity index (χ3v) is 5.51. The van der Waals surface area contributed by atoms with E-state index in [1.807, 2.05) is 27.7 Å². The summed E-state index contributed by atoms with van der Waals surface area (Å²) in [5.74, 6) is -0.113. The van der Waals surface area contributed by atoms with Crippen LogP contribution < -0.4 is 5.32 Å². The van der Waals surface area contributed by atoms with Crippen molar-refractivity contribution in [1.29, 1.82) is 5.26 Å². The molecule has 0 aliphatic heterocycles. The van der Waals surface area contributed by atoms with Crippen LogP contribution >= 0.6 is 11.8 Å². The van der Waals surface area contributed by atoms with E-state index in [1.54, 1.807) is 0 Å². The fourth-order valence-electron chi connectivity index (χ4n) is 2.76. The molecule has 1 heterocycles. The van der Waals surface area contributed by atoms with E-state index in [2.05, 4.69) is 21.4 Å². The number of rotatable bonds is 4. The number of aromatic nitrogens is 2. The minimum Gasteiger partial charge on any atom is -0.337 e. The van der Waals surface area contributed by atoms with E-state index in [0.717, 1.165) is 49.1 Å². The van der Waals surface area contributed by atoms with E-state index >= 15 is 0 Å². The maximum Gasteiger partial charge on any atom is 0.234 e. The molecule has 0 bridgehead atoms. The number of nitriles is 1. The quantitative estimate of drug-likeness (QED) is 0.676. The van der Waals surface area contributed by atoms with E-state index in [9.17, 15) is 10.1 Å². The zero-order valence-electron chi connectivity index (χ0n) is 14.3. The first-order chi connectivity index (χ1) is 10.9. The van der Waals surface area contributed by atoms with E-state index in [1.165, 1.54) is 11.8 Å². The van der Waals surface area contributed by atoms with Crippen molar-refractivity contribution in [1.82, 2.24) is 15.3 Å². The number of hydrogen-bond donors (Lipinski definition) is 1. The monoisotopic (exact) mass is 332 g/mol. The van der Waals surface area contributed by atoms with E-state index in [0.29, 0.717) is 5.16 Å². The first-order valence-electron chi connectivity index (χ1n) is 8.09. The van der Waals surface area contributed by atoms with Crippen LogP contribution in [0.3, 0.4) is 0 Å². The lowest BCUT2D eigenvalue weighted by atomic mass is 9.83. The van der Waals surface area contributed by atoms with Gasteiger partial charge in [0.2, 0.25) is 5.91 Å². The van der Waals surface area contributed by atoms with Crippen LogP contribution in [-0.4, -0.2) is 26.7 Å². The third kappa shape index (κ3) is 4.23. The Hall–Kier alpha value is -1.61. The standard InChI is InChI=1S/C17H24N4OS/c1-11-12(2)19-16(20-13(11)3)23-14(4)15(22)21-17(10-18)8-6-5-7-9-17/h14H,5-9H2,1-4H3,(H,21,22). The highest BCUT2D eigenvalue weighted by Gasteiger charge is 2.35. The molecule has 124 valence electrons. The Kier molecular flexibility index (Phi) is 5.64. The van der Waals surface area contributed by atoms with Gasteiger partial charge in [0.15, 0.2) is 5.16 Å². The lowest BCUT2D eigenvalue weighted by Crippen LogP contribution is -2.50. The van der Waals surface area contributed by atoms with Gasteiger partial charge in [0.25, 0.3) is 0 Å². The van der Waals surface area contributed by atoms with Gasteiger partial charge >= 0.3 is 0 Å². The second-order valence-electron chi connectivity index (χ2n) is 6.31. The molecule has 1 aromatic heterocycles. The van der Waals surface area contributed by atoms with Gasteiger partial charge in [-0.15, -0.1) is 0 Å². The van der Waals surface area contributed by atoms with Gasteiger partial charge in [-0.2, -0.15) is 5.26 Å². The van der Waals surface area contributed by atoms with Crippen LogP contribution in [0.2, 0.25) is 0 Å². The molecule has 1 aromatic rings. The summed E-state index contributed by atoms with van der Waals surface area (Å²) in [4.78, 5) is 21.4. The van der Waals surface area contributed by atoms with Crippen LogP contribution in [0.1, 0.15) is 56.0 Å². The SMILES string of the molecule is Cc1nc(SC(C)C(=O)NC2(C#N)CCCCC2)nc(C)c1C. The van der Waals surface area contributed by atoms with Crippen molar-refractivity contribution in [3.05, 3.63) is 17.0 Å². The lowest BCUT2D eigenvalue weighted by molar-refractivity contribution is -0.121. The summed E-state index contributed by atoms with van der Waals surface area (Å²) in [6.07, 6.45) is 4.61. The second kappa shape index (κ2) is 7.31. The predicted molar refractivity (Wildman–Crippen MR) is 91.1 cm³/mol. The van der Waals surface area contributed by atoms with Gasteiger partial charge < -0.3 is 5.32 Å². The first kappa shape index (κ1) is 17.7. The molecule has 0 aromatic carbocycles. The van der Waals surface area contributed by atoms with Crippen molar-refractivity contribution < 1.29 is 4.79 Å². The Morgan fingerprint density at radius 2 is 1.78 bits per heavy atom. The van der Waals surface area contributed by atoms with Gasteiger partial charge in [-0.3, -0.25) is 4.79 Å². The van der Waals surface area contributed by atoms with Crippen molar-refractivity contribution in [3.8, 4) is 6.07 Å². The molecular formula is C17H24N4OS. The van der Waals surface area contributed by atoms with Crippen LogP contribution in [0.5, 0.6) is 0 Å². The zero-order valence-corrected chi connectivity index (χ0v) is 15.1. The van der Waals surface area contributed by atoms with Gasteiger partial charge in [0, 0.05) is 11.4 Å².